The normalized spacial score (nSPS) is 12.0. The van der Waals surface area contributed by atoms with Gasteiger partial charge in [0.2, 0.25) is 5.88 Å². The molecule has 1 unspecified atom stereocenters. The molecule has 0 aliphatic carbocycles. The number of ketones is 1. The number of aryl methyl sites for hydroxylation is 1. The van der Waals surface area contributed by atoms with E-state index in [1.165, 1.54) is 0 Å². The van der Waals surface area contributed by atoms with Crippen molar-refractivity contribution in [2.24, 2.45) is 0 Å². The van der Waals surface area contributed by atoms with E-state index in [4.69, 9.17) is 19.4 Å². The average Bonchev–Trinajstić information content (AvgIpc) is 3.39. The van der Waals surface area contributed by atoms with Crippen LogP contribution >= 0.6 is 0 Å². The largest absolute Gasteiger partial charge is 0.496 e. The molecule has 0 amide bonds. The Morgan fingerprint density at radius 2 is 1.89 bits per heavy atom. The van der Waals surface area contributed by atoms with Crippen LogP contribution in [-0.4, -0.2) is 39.9 Å². The number of carbonyl (C=O) groups excluding carboxylic acids is 1. The van der Waals surface area contributed by atoms with Gasteiger partial charge in [-0.05, 0) is 38.0 Å². The highest BCUT2D eigenvalue weighted by Gasteiger charge is 2.21. The SMILES string of the molecule is CCC(=O)CCCCCC(c1cccc(OC)n1)c1ncc(-c2cc3ccc(C)nc3cc2OC)[nH]1. The summed E-state index contributed by atoms with van der Waals surface area (Å²) in [6.45, 7) is 3.90. The van der Waals surface area contributed by atoms with Gasteiger partial charge in [-0.25, -0.2) is 9.97 Å². The first kappa shape index (κ1) is 25.4. The Morgan fingerprint density at radius 3 is 2.67 bits per heavy atom. The molecular weight excluding hydrogens is 452 g/mol. The molecule has 7 nitrogen and oxygen atoms in total. The van der Waals surface area contributed by atoms with Crippen molar-refractivity contribution >= 4 is 16.7 Å². The maximum atomic E-state index is 11.7. The predicted octanol–water partition coefficient (Wildman–Crippen LogP) is 6.41. The molecule has 0 aliphatic heterocycles. The van der Waals surface area contributed by atoms with Crippen molar-refractivity contribution < 1.29 is 14.3 Å². The van der Waals surface area contributed by atoms with Gasteiger partial charge in [0.25, 0.3) is 0 Å². The third-order valence-corrected chi connectivity index (χ3v) is 6.52. The molecule has 1 N–H and O–H groups in total. The fourth-order valence-corrected chi connectivity index (χ4v) is 4.47. The molecular formula is C29H34N4O3. The monoisotopic (exact) mass is 486 g/mol. The zero-order chi connectivity index (χ0) is 25.5. The number of unbranched alkanes of at least 4 members (excludes halogenated alkanes) is 2. The van der Waals surface area contributed by atoms with Gasteiger partial charge < -0.3 is 14.5 Å². The maximum Gasteiger partial charge on any atom is 0.213 e. The molecule has 1 atom stereocenters. The number of hydrogen-bond donors (Lipinski definition) is 1. The lowest BCUT2D eigenvalue weighted by atomic mass is 9.95. The van der Waals surface area contributed by atoms with Crippen LogP contribution in [0, 0.1) is 6.92 Å². The number of pyridine rings is 2. The molecule has 1 aromatic carbocycles. The Kier molecular flexibility index (Phi) is 8.31. The summed E-state index contributed by atoms with van der Waals surface area (Å²) in [4.78, 5) is 29.3. The quantitative estimate of drug-likeness (QED) is 0.233. The van der Waals surface area contributed by atoms with Gasteiger partial charge in [-0.2, -0.15) is 0 Å². The second-order valence-electron chi connectivity index (χ2n) is 9.03. The number of aromatic nitrogens is 4. The summed E-state index contributed by atoms with van der Waals surface area (Å²) in [7, 11) is 3.29. The van der Waals surface area contributed by atoms with Crippen LogP contribution in [0.4, 0.5) is 0 Å². The molecule has 0 radical (unpaired) electrons. The minimum absolute atomic E-state index is 0.0218. The van der Waals surface area contributed by atoms with Crippen LogP contribution in [0.2, 0.25) is 0 Å². The van der Waals surface area contributed by atoms with Crippen molar-refractivity contribution in [3.8, 4) is 22.9 Å². The van der Waals surface area contributed by atoms with Crippen molar-refractivity contribution in [1.29, 1.82) is 0 Å². The van der Waals surface area contributed by atoms with Crippen molar-refractivity contribution in [2.75, 3.05) is 14.2 Å². The van der Waals surface area contributed by atoms with E-state index in [1.807, 2.05) is 50.4 Å². The van der Waals surface area contributed by atoms with E-state index in [2.05, 4.69) is 22.1 Å². The Morgan fingerprint density at radius 1 is 1.03 bits per heavy atom. The fourth-order valence-electron chi connectivity index (χ4n) is 4.47. The van der Waals surface area contributed by atoms with E-state index in [0.29, 0.717) is 24.5 Å². The molecule has 188 valence electrons. The van der Waals surface area contributed by atoms with Gasteiger partial charge in [-0.3, -0.25) is 9.78 Å². The molecule has 3 heterocycles. The summed E-state index contributed by atoms with van der Waals surface area (Å²) in [5.74, 6) is 2.47. The molecule has 7 heteroatoms. The molecule has 4 aromatic rings. The third kappa shape index (κ3) is 5.90. The van der Waals surface area contributed by atoms with E-state index in [9.17, 15) is 4.79 Å². The summed E-state index contributed by atoms with van der Waals surface area (Å²) in [6.07, 6.45) is 6.86. The van der Waals surface area contributed by atoms with Gasteiger partial charge >= 0.3 is 0 Å². The number of aromatic amines is 1. The number of benzene rings is 1. The first-order valence-corrected chi connectivity index (χ1v) is 12.6. The van der Waals surface area contributed by atoms with Crippen molar-refractivity contribution in [2.45, 2.75) is 58.3 Å². The number of Topliss-reactive ketones (excluding diaryl/α,β-unsaturated/α-hetero) is 1. The molecule has 36 heavy (non-hydrogen) atoms. The highest BCUT2D eigenvalue weighted by Crippen LogP contribution is 2.35. The zero-order valence-corrected chi connectivity index (χ0v) is 21.5. The smallest absolute Gasteiger partial charge is 0.213 e. The minimum Gasteiger partial charge on any atom is -0.496 e. The summed E-state index contributed by atoms with van der Waals surface area (Å²) in [5, 5.41) is 1.04. The van der Waals surface area contributed by atoms with Gasteiger partial charge in [0.05, 0.1) is 43.2 Å². The van der Waals surface area contributed by atoms with Crippen LogP contribution < -0.4 is 9.47 Å². The van der Waals surface area contributed by atoms with Gasteiger partial charge in [0.1, 0.15) is 17.4 Å². The van der Waals surface area contributed by atoms with Gasteiger partial charge in [-0.1, -0.05) is 31.9 Å². The Labute approximate surface area is 212 Å². The standard InChI is InChI=1S/C29H34N4O3/c1-5-21(34)10-7-6-8-11-22(24-12-9-13-28(32-24)36-4)29-30-18-26(33-29)23-16-20-15-14-19(2)31-25(20)17-27(23)35-3/h9,12-18,22H,5-8,10-11H2,1-4H3,(H,30,33). The second-order valence-corrected chi connectivity index (χ2v) is 9.03. The number of ether oxygens (including phenoxy) is 2. The van der Waals surface area contributed by atoms with E-state index < -0.39 is 0 Å². The number of carbonyl (C=O) groups is 1. The third-order valence-electron chi connectivity index (χ3n) is 6.52. The Balaban J connectivity index is 1.62. The van der Waals surface area contributed by atoms with Gasteiger partial charge in [0, 0.05) is 41.6 Å². The summed E-state index contributed by atoms with van der Waals surface area (Å²) < 4.78 is 11.1. The Hall–Kier alpha value is -3.74. The van der Waals surface area contributed by atoms with Gasteiger partial charge in [0.15, 0.2) is 0 Å². The van der Waals surface area contributed by atoms with E-state index >= 15 is 0 Å². The lowest BCUT2D eigenvalue weighted by Gasteiger charge is -2.15. The number of rotatable bonds is 12. The number of fused-ring (bicyclic) bond motifs is 1. The summed E-state index contributed by atoms with van der Waals surface area (Å²) in [6, 6.07) is 14.0. The van der Waals surface area contributed by atoms with Crippen molar-refractivity contribution in [3.05, 3.63) is 65.9 Å². The van der Waals surface area contributed by atoms with Crippen LogP contribution in [0.1, 0.15) is 68.6 Å². The second kappa shape index (κ2) is 11.8. The number of nitrogens with zero attached hydrogens (tertiary/aromatic N) is 3. The molecule has 0 bridgehead atoms. The average molecular weight is 487 g/mol. The number of imidazole rings is 1. The number of H-pyrrole nitrogens is 1. The number of hydrogen-bond acceptors (Lipinski definition) is 6. The minimum atomic E-state index is -0.0218. The lowest BCUT2D eigenvalue weighted by Crippen LogP contribution is -2.07. The Bertz CT molecular complexity index is 1330. The fraction of sp³-hybridized carbons (Fsp3) is 0.379. The van der Waals surface area contributed by atoms with Crippen molar-refractivity contribution in [3.63, 3.8) is 0 Å². The topological polar surface area (TPSA) is 90.0 Å². The van der Waals surface area contributed by atoms with Gasteiger partial charge in [-0.15, -0.1) is 0 Å². The van der Waals surface area contributed by atoms with Crippen LogP contribution in [0.25, 0.3) is 22.2 Å². The molecule has 0 fully saturated rings. The molecule has 3 aromatic heterocycles. The lowest BCUT2D eigenvalue weighted by molar-refractivity contribution is -0.118. The number of nitrogens with one attached hydrogen (secondary N) is 1. The van der Waals surface area contributed by atoms with Crippen molar-refractivity contribution in [1.82, 2.24) is 19.9 Å². The van der Waals surface area contributed by atoms with Crippen LogP contribution in [-0.2, 0) is 4.79 Å². The van der Waals surface area contributed by atoms with Crippen LogP contribution in [0.15, 0.2) is 48.7 Å². The highest BCUT2D eigenvalue weighted by molar-refractivity contribution is 5.87. The molecule has 0 aliphatic rings. The molecule has 0 saturated carbocycles. The van der Waals surface area contributed by atoms with Crippen LogP contribution in [0.3, 0.4) is 0 Å². The molecule has 4 rings (SSSR count). The zero-order valence-electron chi connectivity index (χ0n) is 21.5. The highest BCUT2D eigenvalue weighted by atomic mass is 16.5. The first-order valence-electron chi connectivity index (χ1n) is 12.6. The molecule has 0 saturated heterocycles. The number of methoxy groups -OCH3 is 2. The van der Waals surface area contributed by atoms with E-state index in [0.717, 1.165) is 70.8 Å². The summed E-state index contributed by atoms with van der Waals surface area (Å²) >= 11 is 0. The first-order chi connectivity index (χ1) is 17.5. The summed E-state index contributed by atoms with van der Waals surface area (Å²) in [5.41, 5.74) is 4.59. The van der Waals surface area contributed by atoms with Crippen LogP contribution in [0.5, 0.6) is 11.6 Å². The van der Waals surface area contributed by atoms with E-state index in [1.54, 1.807) is 14.2 Å². The molecule has 0 spiro atoms. The van der Waals surface area contributed by atoms with E-state index in [-0.39, 0.29) is 5.92 Å². The predicted molar refractivity (Wildman–Crippen MR) is 142 cm³/mol. The maximum absolute atomic E-state index is 11.7.